The molecule has 2 fully saturated rings. The van der Waals surface area contributed by atoms with Gasteiger partial charge in [-0.15, -0.1) is 24.0 Å². The van der Waals surface area contributed by atoms with E-state index in [1.165, 1.54) is 6.42 Å². The summed E-state index contributed by atoms with van der Waals surface area (Å²) in [6.07, 6.45) is 5.45. The molecule has 0 atom stereocenters. The number of carbonyl (C=O) groups is 1. The first-order valence-electron chi connectivity index (χ1n) is 10.8. The number of nitrogens with zero attached hydrogens (tertiary/aromatic N) is 2. The number of rotatable bonds is 4. The van der Waals surface area contributed by atoms with E-state index < -0.39 is 14.6 Å². The third-order valence-electron chi connectivity index (χ3n) is 6.18. The summed E-state index contributed by atoms with van der Waals surface area (Å²) in [5.74, 6) is 1.06. The minimum absolute atomic E-state index is 0. The number of hydrogen-bond donors (Lipinski definition) is 2. The van der Waals surface area contributed by atoms with Crippen molar-refractivity contribution in [2.24, 2.45) is 10.9 Å². The zero-order valence-electron chi connectivity index (χ0n) is 18.7. The molecule has 1 aromatic rings. The van der Waals surface area contributed by atoms with Crippen LogP contribution in [0, 0.1) is 5.92 Å². The van der Waals surface area contributed by atoms with Crippen molar-refractivity contribution in [1.82, 2.24) is 10.2 Å². The Labute approximate surface area is 203 Å². The Morgan fingerprint density at radius 2 is 1.94 bits per heavy atom. The summed E-state index contributed by atoms with van der Waals surface area (Å²) in [6, 6.07) is 7.83. The molecule has 2 N–H and O–H groups in total. The van der Waals surface area contributed by atoms with Crippen LogP contribution in [0.2, 0.25) is 0 Å². The van der Waals surface area contributed by atoms with Crippen LogP contribution in [0.1, 0.15) is 51.5 Å². The van der Waals surface area contributed by atoms with E-state index in [-0.39, 0.29) is 41.6 Å². The van der Waals surface area contributed by atoms with Crippen molar-refractivity contribution >= 4 is 51.4 Å². The first-order valence-corrected chi connectivity index (χ1v) is 12.4. The second-order valence-electron chi connectivity index (χ2n) is 8.93. The van der Waals surface area contributed by atoms with Crippen molar-refractivity contribution in [1.29, 1.82) is 0 Å². The topological polar surface area (TPSA) is 90.9 Å². The van der Waals surface area contributed by atoms with Gasteiger partial charge in [-0.2, -0.15) is 0 Å². The first-order chi connectivity index (χ1) is 14.2. The highest BCUT2D eigenvalue weighted by Gasteiger charge is 2.40. The Bertz CT molecular complexity index is 896. The molecular formula is C22H35IN4O3S. The fourth-order valence-electron chi connectivity index (χ4n) is 4.21. The van der Waals surface area contributed by atoms with Gasteiger partial charge < -0.3 is 15.5 Å². The SMILES string of the molecule is CN=C(NCc1cccc(NC(=O)C2CCCCC2)c1)N1CCS(=O)(=O)C(C)(C)C1.I. The number of halogens is 1. The van der Waals surface area contributed by atoms with Crippen molar-refractivity contribution in [3.8, 4) is 0 Å². The average Bonchev–Trinajstić information content (AvgIpc) is 2.72. The second-order valence-corrected chi connectivity index (χ2v) is 11.7. The fourth-order valence-corrected chi connectivity index (χ4v) is 5.57. The van der Waals surface area contributed by atoms with Gasteiger partial charge in [-0.05, 0) is 44.4 Å². The largest absolute Gasteiger partial charge is 0.352 e. The van der Waals surface area contributed by atoms with Crippen LogP contribution in [0.15, 0.2) is 29.3 Å². The number of carbonyl (C=O) groups excluding carboxylic acids is 1. The standard InChI is InChI=1S/C22H34N4O3S.HI/c1-22(2)16-26(12-13-30(22,28)29)21(23-3)24-15-17-8-7-11-19(14-17)25-20(27)18-9-5-4-6-10-18;/h7-8,11,14,18H,4-6,9-10,12-13,15-16H2,1-3H3,(H,23,24)(H,25,27);1H. The van der Waals surface area contributed by atoms with Crippen LogP contribution < -0.4 is 10.6 Å². The summed E-state index contributed by atoms with van der Waals surface area (Å²) in [4.78, 5) is 18.8. The normalized spacial score (nSPS) is 21.1. The number of benzene rings is 1. The molecule has 31 heavy (non-hydrogen) atoms. The minimum atomic E-state index is -3.09. The third-order valence-corrected chi connectivity index (χ3v) is 8.71. The molecule has 1 aliphatic carbocycles. The molecule has 174 valence electrons. The van der Waals surface area contributed by atoms with Gasteiger partial charge in [0.2, 0.25) is 5.91 Å². The van der Waals surface area contributed by atoms with Crippen LogP contribution in [-0.2, 0) is 21.2 Å². The van der Waals surface area contributed by atoms with E-state index in [2.05, 4.69) is 15.6 Å². The highest BCUT2D eigenvalue weighted by Crippen LogP contribution is 2.25. The van der Waals surface area contributed by atoms with Crippen molar-refractivity contribution in [3.05, 3.63) is 29.8 Å². The quantitative estimate of drug-likeness (QED) is 0.334. The number of nitrogens with one attached hydrogen (secondary N) is 2. The monoisotopic (exact) mass is 562 g/mol. The summed E-state index contributed by atoms with van der Waals surface area (Å²) in [5.41, 5.74) is 1.84. The predicted molar refractivity (Wildman–Crippen MR) is 137 cm³/mol. The van der Waals surface area contributed by atoms with Gasteiger partial charge in [-0.3, -0.25) is 9.79 Å². The van der Waals surface area contributed by atoms with Crippen LogP contribution in [-0.4, -0.2) is 55.8 Å². The molecule has 1 saturated heterocycles. The molecular weight excluding hydrogens is 527 g/mol. The van der Waals surface area contributed by atoms with Crippen LogP contribution in [0.25, 0.3) is 0 Å². The van der Waals surface area contributed by atoms with Gasteiger partial charge in [0.15, 0.2) is 15.8 Å². The van der Waals surface area contributed by atoms with Gasteiger partial charge in [0.25, 0.3) is 0 Å². The zero-order valence-corrected chi connectivity index (χ0v) is 21.8. The van der Waals surface area contributed by atoms with Crippen LogP contribution in [0.3, 0.4) is 0 Å². The molecule has 1 aliphatic heterocycles. The molecule has 1 aromatic carbocycles. The molecule has 0 unspecified atom stereocenters. The van der Waals surface area contributed by atoms with Crippen molar-refractivity contribution in [2.75, 3.05) is 31.2 Å². The van der Waals surface area contributed by atoms with Gasteiger partial charge in [0.05, 0.1) is 10.5 Å². The van der Waals surface area contributed by atoms with Gasteiger partial charge in [0, 0.05) is 38.3 Å². The van der Waals surface area contributed by atoms with Crippen LogP contribution in [0.4, 0.5) is 5.69 Å². The fraction of sp³-hybridized carbons (Fsp3) is 0.636. The molecule has 3 rings (SSSR count). The van der Waals surface area contributed by atoms with E-state index >= 15 is 0 Å². The van der Waals surface area contributed by atoms with E-state index in [0.29, 0.717) is 25.6 Å². The van der Waals surface area contributed by atoms with Crippen LogP contribution in [0.5, 0.6) is 0 Å². The third kappa shape index (κ3) is 6.57. The van der Waals surface area contributed by atoms with Crippen molar-refractivity contribution < 1.29 is 13.2 Å². The van der Waals surface area contributed by atoms with Crippen molar-refractivity contribution in [3.63, 3.8) is 0 Å². The second kappa shape index (κ2) is 11.0. The molecule has 0 aromatic heterocycles. The molecule has 9 heteroatoms. The van der Waals surface area contributed by atoms with E-state index in [1.54, 1.807) is 20.9 Å². The molecule has 1 saturated carbocycles. The van der Waals surface area contributed by atoms with Crippen LogP contribution >= 0.6 is 24.0 Å². The summed E-state index contributed by atoms with van der Waals surface area (Å²) >= 11 is 0. The van der Waals surface area contributed by atoms with Gasteiger partial charge in [0.1, 0.15) is 0 Å². The highest BCUT2D eigenvalue weighted by molar-refractivity contribution is 14.0. The number of guanidine groups is 1. The Hall–Kier alpha value is -1.36. The minimum Gasteiger partial charge on any atom is -0.352 e. The lowest BCUT2D eigenvalue weighted by atomic mass is 9.88. The van der Waals surface area contributed by atoms with Gasteiger partial charge in [-0.1, -0.05) is 31.4 Å². The van der Waals surface area contributed by atoms with E-state index in [4.69, 9.17) is 0 Å². The smallest absolute Gasteiger partial charge is 0.227 e. The van der Waals surface area contributed by atoms with Gasteiger partial charge >= 0.3 is 0 Å². The molecule has 1 heterocycles. The number of sulfone groups is 1. The Balaban J connectivity index is 0.00000341. The molecule has 7 nitrogen and oxygen atoms in total. The summed E-state index contributed by atoms with van der Waals surface area (Å²) in [5, 5.41) is 6.40. The Morgan fingerprint density at radius 3 is 2.58 bits per heavy atom. The number of hydrogen-bond acceptors (Lipinski definition) is 4. The molecule has 0 radical (unpaired) electrons. The van der Waals surface area contributed by atoms with E-state index in [9.17, 15) is 13.2 Å². The highest BCUT2D eigenvalue weighted by atomic mass is 127. The molecule has 2 aliphatic rings. The number of anilines is 1. The molecule has 0 bridgehead atoms. The maximum absolute atomic E-state index is 12.5. The summed E-state index contributed by atoms with van der Waals surface area (Å²) in [6.45, 7) is 4.92. The maximum Gasteiger partial charge on any atom is 0.227 e. The summed E-state index contributed by atoms with van der Waals surface area (Å²) < 4.78 is 23.7. The predicted octanol–water partition coefficient (Wildman–Crippen LogP) is 3.41. The lowest BCUT2D eigenvalue weighted by Gasteiger charge is -2.39. The first kappa shape index (κ1) is 25.9. The Morgan fingerprint density at radius 1 is 1.23 bits per heavy atom. The Kier molecular flexibility index (Phi) is 9.17. The molecule has 0 spiro atoms. The van der Waals surface area contributed by atoms with E-state index in [0.717, 1.165) is 36.9 Å². The lowest BCUT2D eigenvalue weighted by molar-refractivity contribution is -0.120. The summed E-state index contributed by atoms with van der Waals surface area (Å²) in [7, 11) is -1.39. The lowest BCUT2D eigenvalue weighted by Crippen LogP contribution is -2.57. The number of amides is 1. The molecule has 1 amide bonds. The van der Waals surface area contributed by atoms with Crippen molar-refractivity contribution in [2.45, 2.75) is 57.2 Å². The van der Waals surface area contributed by atoms with Gasteiger partial charge in [-0.25, -0.2) is 8.42 Å². The number of aliphatic imine (C=N–C) groups is 1. The maximum atomic E-state index is 12.5. The zero-order chi connectivity index (χ0) is 21.8. The average molecular weight is 563 g/mol. The van der Waals surface area contributed by atoms with E-state index in [1.807, 2.05) is 29.2 Å².